The maximum absolute atomic E-state index is 12.6. The second kappa shape index (κ2) is 8.04. The zero-order valence-corrected chi connectivity index (χ0v) is 16.1. The van der Waals surface area contributed by atoms with Gasteiger partial charge in [0, 0.05) is 24.2 Å². The monoisotopic (exact) mass is 330 g/mol. The molecule has 134 valence electrons. The molecule has 3 nitrogen and oxygen atoms in total. The minimum Gasteiger partial charge on any atom is -0.371 e. The van der Waals surface area contributed by atoms with Crippen LogP contribution in [0.25, 0.3) is 0 Å². The van der Waals surface area contributed by atoms with Crippen molar-refractivity contribution >= 4 is 11.6 Å². The van der Waals surface area contributed by atoms with Gasteiger partial charge in [0.15, 0.2) is 0 Å². The molecule has 0 aliphatic carbocycles. The van der Waals surface area contributed by atoms with E-state index in [1.54, 1.807) is 0 Å². The molecule has 1 N–H and O–H groups in total. The Balaban J connectivity index is 2.30. The molecule has 1 aliphatic rings. The van der Waals surface area contributed by atoms with Gasteiger partial charge in [-0.05, 0) is 43.2 Å². The van der Waals surface area contributed by atoms with Gasteiger partial charge in [-0.1, -0.05) is 52.8 Å². The fraction of sp³-hybridized carbons (Fsp3) is 0.667. The standard InChI is InChI=1S/C21H34N2O/c1-16(2)15-18(22-20(24)21(3,4)5)17-11-7-8-12-19(17)23-13-9-6-10-14-23/h7-8,11-12,16,18H,6,9-10,13-15H2,1-5H3,(H,22,24)/t18-/m0/s1. The van der Waals surface area contributed by atoms with Crippen LogP contribution in [0.2, 0.25) is 0 Å². The number of carbonyl (C=O) groups is 1. The summed E-state index contributed by atoms with van der Waals surface area (Å²) in [7, 11) is 0. The summed E-state index contributed by atoms with van der Waals surface area (Å²) in [6.45, 7) is 12.6. The van der Waals surface area contributed by atoms with Crippen molar-refractivity contribution in [2.24, 2.45) is 11.3 Å². The number of benzene rings is 1. The average Bonchev–Trinajstić information content (AvgIpc) is 2.53. The quantitative estimate of drug-likeness (QED) is 0.830. The lowest BCUT2D eigenvalue weighted by Crippen LogP contribution is -2.39. The number of hydrogen-bond acceptors (Lipinski definition) is 2. The first-order chi connectivity index (χ1) is 11.3. The van der Waals surface area contributed by atoms with Crippen molar-refractivity contribution < 1.29 is 4.79 Å². The molecule has 0 spiro atoms. The summed E-state index contributed by atoms with van der Waals surface area (Å²) in [4.78, 5) is 15.1. The largest absolute Gasteiger partial charge is 0.371 e. The van der Waals surface area contributed by atoms with Crippen LogP contribution in [0.15, 0.2) is 24.3 Å². The lowest BCUT2D eigenvalue weighted by Gasteiger charge is -2.34. The third-order valence-corrected chi connectivity index (χ3v) is 4.70. The van der Waals surface area contributed by atoms with E-state index >= 15 is 0 Å². The molecule has 1 saturated heterocycles. The molecule has 24 heavy (non-hydrogen) atoms. The Morgan fingerprint density at radius 2 is 1.75 bits per heavy atom. The number of nitrogens with one attached hydrogen (secondary N) is 1. The van der Waals surface area contributed by atoms with E-state index in [2.05, 4.69) is 48.3 Å². The lowest BCUT2D eigenvalue weighted by molar-refractivity contribution is -0.129. The van der Waals surface area contributed by atoms with Crippen LogP contribution in [0.4, 0.5) is 5.69 Å². The molecule has 0 saturated carbocycles. The highest BCUT2D eigenvalue weighted by atomic mass is 16.2. The highest BCUT2D eigenvalue weighted by molar-refractivity contribution is 5.82. The van der Waals surface area contributed by atoms with Gasteiger partial charge >= 0.3 is 0 Å². The summed E-state index contributed by atoms with van der Waals surface area (Å²) in [6.07, 6.45) is 4.82. The van der Waals surface area contributed by atoms with Gasteiger partial charge in [0.1, 0.15) is 0 Å². The van der Waals surface area contributed by atoms with E-state index < -0.39 is 0 Å². The van der Waals surface area contributed by atoms with Crippen molar-refractivity contribution in [1.82, 2.24) is 5.32 Å². The number of hydrogen-bond donors (Lipinski definition) is 1. The third-order valence-electron chi connectivity index (χ3n) is 4.70. The molecule has 3 heteroatoms. The van der Waals surface area contributed by atoms with Crippen LogP contribution >= 0.6 is 0 Å². The molecule has 0 bridgehead atoms. The summed E-state index contributed by atoms with van der Waals surface area (Å²) >= 11 is 0. The molecule has 0 unspecified atom stereocenters. The summed E-state index contributed by atoms with van der Waals surface area (Å²) in [6, 6.07) is 8.71. The first-order valence-electron chi connectivity index (χ1n) is 9.44. The predicted octanol–water partition coefficient (Wildman–Crippen LogP) is 4.93. The van der Waals surface area contributed by atoms with Crippen LogP contribution < -0.4 is 10.2 Å². The number of rotatable bonds is 5. The number of piperidine rings is 1. The van der Waals surface area contributed by atoms with Gasteiger partial charge in [0.2, 0.25) is 5.91 Å². The zero-order chi connectivity index (χ0) is 17.7. The third kappa shape index (κ3) is 4.99. The fourth-order valence-corrected chi connectivity index (χ4v) is 3.31. The van der Waals surface area contributed by atoms with Gasteiger partial charge in [-0.25, -0.2) is 0 Å². The van der Waals surface area contributed by atoms with E-state index in [0.717, 1.165) is 19.5 Å². The van der Waals surface area contributed by atoms with Crippen molar-refractivity contribution in [3.63, 3.8) is 0 Å². The Labute approximate surface area is 147 Å². The van der Waals surface area contributed by atoms with E-state index in [1.165, 1.54) is 30.5 Å². The number of anilines is 1. The van der Waals surface area contributed by atoms with Crippen molar-refractivity contribution in [3.8, 4) is 0 Å². The Morgan fingerprint density at radius 3 is 2.33 bits per heavy atom. The van der Waals surface area contributed by atoms with Crippen LogP contribution in [0.1, 0.15) is 71.9 Å². The molecule has 1 atom stereocenters. The molecule has 0 radical (unpaired) electrons. The van der Waals surface area contributed by atoms with Crippen LogP contribution in [0.5, 0.6) is 0 Å². The summed E-state index contributed by atoms with van der Waals surface area (Å²) < 4.78 is 0. The minimum absolute atomic E-state index is 0.0786. The second-order valence-electron chi connectivity index (χ2n) is 8.51. The topological polar surface area (TPSA) is 32.3 Å². The van der Waals surface area contributed by atoms with Crippen molar-refractivity contribution in [2.75, 3.05) is 18.0 Å². The van der Waals surface area contributed by atoms with Crippen LogP contribution in [0, 0.1) is 11.3 Å². The number of nitrogens with zero attached hydrogens (tertiary/aromatic N) is 1. The Bertz CT molecular complexity index is 539. The molecule has 1 aromatic carbocycles. The van der Waals surface area contributed by atoms with E-state index in [-0.39, 0.29) is 17.4 Å². The van der Waals surface area contributed by atoms with Gasteiger partial charge in [-0.2, -0.15) is 0 Å². The summed E-state index contributed by atoms with van der Waals surface area (Å²) in [5.74, 6) is 0.659. The highest BCUT2D eigenvalue weighted by Gasteiger charge is 2.27. The Morgan fingerprint density at radius 1 is 1.12 bits per heavy atom. The Hall–Kier alpha value is -1.51. The zero-order valence-electron chi connectivity index (χ0n) is 16.1. The van der Waals surface area contributed by atoms with Crippen LogP contribution in [-0.4, -0.2) is 19.0 Å². The number of amides is 1. The van der Waals surface area contributed by atoms with E-state index in [9.17, 15) is 4.79 Å². The minimum atomic E-state index is -0.366. The van der Waals surface area contributed by atoms with Crippen LogP contribution in [0.3, 0.4) is 0 Å². The van der Waals surface area contributed by atoms with Gasteiger partial charge in [-0.15, -0.1) is 0 Å². The predicted molar refractivity (Wildman–Crippen MR) is 102 cm³/mol. The second-order valence-corrected chi connectivity index (χ2v) is 8.51. The fourth-order valence-electron chi connectivity index (χ4n) is 3.31. The molecule has 1 amide bonds. The molecule has 1 heterocycles. The van der Waals surface area contributed by atoms with Gasteiger partial charge in [-0.3, -0.25) is 4.79 Å². The SMILES string of the molecule is CC(C)C[C@H](NC(=O)C(C)(C)C)c1ccccc1N1CCCCC1. The van der Waals surface area contributed by atoms with E-state index in [0.29, 0.717) is 5.92 Å². The highest BCUT2D eigenvalue weighted by Crippen LogP contribution is 2.32. The molecule has 1 aromatic rings. The normalized spacial score (nSPS) is 17.0. The average molecular weight is 331 g/mol. The maximum atomic E-state index is 12.6. The molecule has 1 fully saturated rings. The smallest absolute Gasteiger partial charge is 0.225 e. The lowest BCUT2D eigenvalue weighted by atomic mass is 9.91. The van der Waals surface area contributed by atoms with Gasteiger partial charge in [0.05, 0.1) is 6.04 Å². The van der Waals surface area contributed by atoms with E-state index in [4.69, 9.17) is 0 Å². The molecule has 1 aliphatic heterocycles. The van der Waals surface area contributed by atoms with Gasteiger partial charge < -0.3 is 10.2 Å². The van der Waals surface area contributed by atoms with Crippen molar-refractivity contribution in [3.05, 3.63) is 29.8 Å². The van der Waals surface area contributed by atoms with E-state index in [1.807, 2.05) is 20.8 Å². The first-order valence-corrected chi connectivity index (χ1v) is 9.44. The molecular weight excluding hydrogens is 296 g/mol. The van der Waals surface area contributed by atoms with Gasteiger partial charge in [0.25, 0.3) is 0 Å². The maximum Gasteiger partial charge on any atom is 0.225 e. The van der Waals surface area contributed by atoms with Crippen LogP contribution in [-0.2, 0) is 4.79 Å². The molecular formula is C21H34N2O. The first kappa shape index (κ1) is 18.8. The van der Waals surface area contributed by atoms with Crippen molar-refractivity contribution in [1.29, 1.82) is 0 Å². The van der Waals surface area contributed by atoms with Crippen molar-refractivity contribution in [2.45, 2.75) is 66.3 Å². The number of para-hydroxylation sites is 1. The molecule has 2 rings (SSSR count). The number of carbonyl (C=O) groups excluding carboxylic acids is 1. The molecule has 0 aromatic heterocycles. The Kier molecular flexibility index (Phi) is 6.31. The summed E-state index contributed by atoms with van der Waals surface area (Å²) in [5.41, 5.74) is 2.21. The summed E-state index contributed by atoms with van der Waals surface area (Å²) in [5, 5.41) is 3.32.